The van der Waals surface area contributed by atoms with E-state index in [4.69, 9.17) is 0 Å². The van der Waals surface area contributed by atoms with E-state index in [2.05, 4.69) is 35.7 Å². The van der Waals surface area contributed by atoms with Crippen LogP contribution in [0.15, 0.2) is 53.6 Å². The van der Waals surface area contributed by atoms with E-state index in [1.807, 2.05) is 6.92 Å². The first-order chi connectivity index (χ1) is 19.2. The Morgan fingerprint density at radius 3 is 2.37 bits per heavy atom. The number of aromatic nitrogens is 6. The molecule has 16 heteroatoms. The molecule has 0 aliphatic heterocycles. The van der Waals surface area contributed by atoms with Gasteiger partial charge in [0.25, 0.3) is 6.43 Å². The molecule has 0 atom stereocenters. The van der Waals surface area contributed by atoms with Crippen molar-refractivity contribution in [2.75, 3.05) is 16.9 Å². The summed E-state index contributed by atoms with van der Waals surface area (Å²) in [6, 6.07) is 9.15. The number of aromatic amines is 1. The number of aryl methyl sites for hydroxylation is 1. The van der Waals surface area contributed by atoms with E-state index in [0.717, 1.165) is 24.1 Å². The molecule has 1 aromatic carbocycles. The van der Waals surface area contributed by atoms with Crippen LogP contribution in [-0.2, 0) is 23.1 Å². The second kappa shape index (κ2) is 10.1. The number of sulfone groups is 1. The Kier molecular flexibility index (Phi) is 6.89. The smallest absolute Gasteiger partial charge is 0.353 e. The molecule has 41 heavy (non-hydrogen) atoms. The Labute approximate surface area is 229 Å². The van der Waals surface area contributed by atoms with Crippen LogP contribution >= 0.6 is 0 Å². The number of rotatable bonds is 7. The predicted octanol–water partition coefficient (Wildman–Crippen LogP) is 5.91. The molecule has 5 aromatic rings. The maximum absolute atomic E-state index is 13.5. The van der Waals surface area contributed by atoms with Gasteiger partial charge in [-0.25, -0.2) is 32.2 Å². The maximum atomic E-state index is 13.5. The highest BCUT2D eigenvalue weighted by molar-refractivity contribution is 7.90. The van der Waals surface area contributed by atoms with Crippen molar-refractivity contribution in [1.29, 1.82) is 0 Å². The molecule has 0 fully saturated rings. The fourth-order valence-corrected chi connectivity index (χ4v) is 4.95. The van der Waals surface area contributed by atoms with Gasteiger partial charge in [-0.05, 0) is 36.8 Å². The average Bonchev–Trinajstić information content (AvgIpc) is 3.47. The summed E-state index contributed by atoms with van der Waals surface area (Å²) in [7, 11) is -2.06. The summed E-state index contributed by atoms with van der Waals surface area (Å²) in [6.45, 7) is 1.83. The standard InChI is InChI=1S/C25H21F5N8O2S/c1-12-14(11-31-38(12)2)13-7-8-15(17(9-13)41(3,39)40)32-16-10-20(35-23-21(16)36-24(37-23)22(26)27)34-19-6-4-5-18(33-19)25(28,29)30/h4-11,22H,1-3H3,(H3,32,33,34,35,36,37). The number of alkyl halides is 5. The van der Waals surface area contributed by atoms with Crippen molar-refractivity contribution in [3.05, 3.63) is 65.9 Å². The largest absolute Gasteiger partial charge is 0.433 e. The molecule has 0 saturated carbocycles. The highest BCUT2D eigenvalue weighted by atomic mass is 32.2. The summed E-state index contributed by atoms with van der Waals surface area (Å²) in [5.41, 5.74) is 0.977. The van der Waals surface area contributed by atoms with Crippen LogP contribution in [0.3, 0.4) is 0 Å². The number of anilines is 4. The number of fused-ring (bicyclic) bond motifs is 1. The molecule has 4 heterocycles. The SMILES string of the molecule is Cc1c(-c2ccc(Nc3cc(Nc4cccc(C(F)(F)F)n4)nc4nc(C(F)F)[nH]c34)c(S(C)(=O)=O)c2)cnn1C. The van der Waals surface area contributed by atoms with Gasteiger partial charge in [0.1, 0.15) is 22.8 Å². The molecule has 0 aliphatic rings. The summed E-state index contributed by atoms with van der Waals surface area (Å²) in [4.78, 5) is 13.8. The van der Waals surface area contributed by atoms with Crippen LogP contribution in [0.25, 0.3) is 22.3 Å². The Morgan fingerprint density at radius 2 is 1.73 bits per heavy atom. The van der Waals surface area contributed by atoms with Gasteiger partial charge in [0.15, 0.2) is 21.3 Å². The fourth-order valence-electron chi connectivity index (χ4n) is 4.09. The third-order valence-electron chi connectivity index (χ3n) is 6.18. The van der Waals surface area contributed by atoms with Crippen LogP contribution in [0.4, 0.5) is 45.0 Å². The number of H-pyrrole nitrogens is 1. The molecule has 10 nitrogen and oxygen atoms in total. The first kappa shape index (κ1) is 27.9. The molecule has 0 spiro atoms. The van der Waals surface area contributed by atoms with Crippen molar-refractivity contribution in [2.24, 2.45) is 7.05 Å². The van der Waals surface area contributed by atoms with E-state index in [9.17, 15) is 30.4 Å². The summed E-state index contributed by atoms with van der Waals surface area (Å²) < 4.78 is 93.6. The van der Waals surface area contributed by atoms with Crippen molar-refractivity contribution < 1.29 is 30.4 Å². The first-order valence-electron chi connectivity index (χ1n) is 11.8. The third kappa shape index (κ3) is 5.68. The minimum Gasteiger partial charge on any atom is -0.353 e. The van der Waals surface area contributed by atoms with E-state index in [-0.39, 0.29) is 39.1 Å². The van der Waals surface area contributed by atoms with Crippen LogP contribution < -0.4 is 10.6 Å². The minimum atomic E-state index is -4.70. The number of hydrogen-bond donors (Lipinski definition) is 3. The number of nitrogens with one attached hydrogen (secondary N) is 3. The lowest BCUT2D eigenvalue weighted by Crippen LogP contribution is -2.09. The van der Waals surface area contributed by atoms with Crippen molar-refractivity contribution in [1.82, 2.24) is 29.7 Å². The zero-order valence-corrected chi connectivity index (χ0v) is 22.4. The molecule has 214 valence electrons. The van der Waals surface area contributed by atoms with Gasteiger partial charge in [-0.1, -0.05) is 12.1 Å². The summed E-state index contributed by atoms with van der Waals surface area (Å²) in [5, 5.41) is 9.75. The molecule has 4 aromatic heterocycles. The maximum Gasteiger partial charge on any atom is 0.433 e. The summed E-state index contributed by atoms with van der Waals surface area (Å²) >= 11 is 0. The van der Waals surface area contributed by atoms with Crippen LogP contribution in [-0.4, -0.2) is 44.4 Å². The monoisotopic (exact) mass is 592 g/mol. The molecular formula is C25H21F5N8O2S. The quantitative estimate of drug-likeness (QED) is 0.199. The van der Waals surface area contributed by atoms with E-state index >= 15 is 0 Å². The fraction of sp³-hybridized carbons (Fsp3) is 0.200. The summed E-state index contributed by atoms with van der Waals surface area (Å²) in [6.07, 6.45) is -5.05. The molecule has 0 bridgehead atoms. The number of hydrogen-bond acceptors (Lipinski definition) is 8. The van der Waals surface area contributed by atoms with Crippen molar-refractivity contribution >= 4 is 44.0 Å². The summed E-state index contributed by atoms with van der Waals surface area (Å²) in [5.74, 6) is -0.992. The van der Waals surface area contributed by atoms with Gasteiger partial charge in [0, 0.05) is 30.6 Å². The topological polar surface area (TPSA) is 130 Å². The van der Waals surface area contributed by atoms with E-state index < -0.39 is 34.0 Å². The number of pyridine rings is 2. The molecule has 0 radical (unpaired) electrons. The Hall–Kier alpha value is -4.60. The zero-order valence-electron chi connectivity index (χ0n) is 21.5. The van der Waals surface area contributed by atoms with Crippen molar-refractivity contribution in [3.8, 4) is 11.1 Å². The van der Waals surface area contributed by atoms with E-state index in [1.54, 1.807) is 24.0 Å². The highest BCUT2D eigenvalue weighted by Gasteiger charge is 2.32. The predicted molar refractivity (Wildman–Crippen MR) is 141 cm³/mol. The van der Waals surface area contributed by atoms with Crippen molar-refractivity contribution in [2.45, 2.75) is 24.4 Å². The lowest BCUT2D eigenvalue weighted by atomic mass is 10.1. The molecular weight excluding hydrogens is 571 g/mol. The second-order valence-electron chi connectivity index (χ2n) is 9.08. The van der Waals surface area contributed by atoms with Gasteiger partial charge in [0.05, 0.1) is 22.5 Å². The average molecular weight is 593 g/mol. The van der Waals surface area contributed by atoms with Gasteiger partial charge in [-0.3, -0.25) is 4.68 Å². The van der Waals surface area contributed by atoms with Gasteiger partial charge in [-0.15, -0.1) is 0 Å². The van der Waals surface area contributed by atoms with E-state index in [1.165, 1.54) is 24.3 Å². The Balaban J connectivity index is 1.61. The van der Waals surface area contributed by atoms with Crippen LogP contribution in [0, 0.1) is 6.92 Å². The minimum absolute atomic E-state index is 0.0227. The van der Waals surface area contributed by atoms with Crippen molar-refractivity contribution in [3.63, 3.8) is 0 Å². The van der Waals surface area contributed by atoms with Crippen LogP contribution in [0.1, 0.15) is 23.6 Å². The number of nitrogens with zero attached hydrogens (tertiary/aromatic N) is 5. The molecule has 0 unspecified atom stereocenters. The lowest BCUT2D eigenvalue weighted by molar-refractivity contribution is -0.141. The van der Waals surface area contributed by atoms with Crippen LogP contribution in [0.5, 0.6) is 0 Å². The Morgan fingerprint density at radius 1 is 0.976 bits per heavy atom. The molecule has 5 rings (SSSR count). The lowest BCUT2D eigenvalue weighted by Gasteiger charge is -2.15. The molecule has 0 amide bonds. The number of imidazole rings is 1. The molecule has 0 saturated heterocycles. The van der Waals surface area contributed by atoms with E-state index in [0.29, 0.717) is 11.1 Å². The number of benzene rings is 1. The van der Waals surface area contributed by atoms with Gasteiger partial charge in [0.2, 0.25) is 0 Å². The van der Waals surface area contributed by atoms with Gasteiger partial charge in [-0.2, -0.15) is 18.3 Å². The van der Waals surface area contributed by atoms with Crippen LogP contribution in [0.2, 0.25) is 0 Å². The normalized spacial score (nSPS) is 12.3. The highest BCUT2D eigenvalue weighted by Crippen LogP contribution is 2.35. The van der Waals surface area contributed by atoms with Gasteiger partial charge < -0.3 is 15.6 Å². The second-order valence-corrected chi connectivity index (χ2v) is 11.1. The van der Waals surface area contributed by atoms with Gasteiger partial charge >= 0.3 is 6.18 Å². The third-order valence-corrected chi connectivity index (χ3v) is 7.32. The zero-order chi connectivity index (χ0) is 29.7. The Bertz CT molecular complexity index is 1880. The molecule has 0 aliphatic carbocycles. The first-order valence-corrected chi connectivity index (χ1v) is 13.7. The molecule has 3 N–H and O–H groups in total. The number of halogens is 5.